The lowest BCUT2D eigenvalue weighted by Crippen LogP contribution is -2.48. The summed E-state index contributed by atoms with van der Waals surface area (Å²) in [5.41, 5.74) is 1.01. The van der Waals surface area contributed by atoms with Gasteiger partial charge in [0.25, 0.3) is 0 Å². The molecule has 6 heteroatoms. The van der Waals surface area contributed by atoms with Crippen LogP contribution in [0.2, 0.25) is 0 Å². The highest BCUT2D eigenvalue weighted by Gasteiger charge is 2.23. The average Bonchev–Trinajstić information content (AvgIpc) is 2.54. The maximum Gasteiger partial charge on any atom is 0.248 e. The zero-order valence-corrected chi connectivity index (χ0v) is 13.0. The molecule has 1 N–H and O–H groups in total. The summed E-state index contributed by atoms with van der Waals surface area (Å²) in [7, 11) is 3.36. The van der Waals surface area contributed by atoms with Crippen molar-refractivity contribution in [2.45, 2.75) is 18.9 Å². The Morgan fingerprint density at radius 3 is 2.95 bits per heavy atom. The van der Waals surface area contributed by atoms with E-state index in [-0.39, 0.29) is 24.5 Å². The summed E-state index contributed by atoms with van der Waals surface area (Å²) < 4.78 is 10.6. The zero-order chi connectivity index (χ0) is 15.9. The molecule has 0 saturated carbocycles. The summed E-state index contributed by atoms with van der Waals surface area (Å²) >= 11 is 0. The second-order valence-corrected chi connectivity index (χ2v) is 5.32. The Bertz CT molecular complexity index is 533. The fourth-order valence-corrected chi connectivity index (χ4v) is 2.36. The van der Waals surface area contributed by atoms with Crippen LogP contribution in [0.4, 0.5) is 0 Å². The van der Waals surface area contributed by atoms with Gasteiger partial charge in [-0.15, -0.1) is 0 Å². The summed E-state index contributed by atoms with van der Waals surface area (Å²) in [6, 6.07) is 7.67. The third kappa shape index (κ3) is 4.46. The first-order valence-electron chi connectivity index (χ1n) is 7.34. The van der Waals surface area contributed by atoms with Crippen molar-refractivity contribution in [1.82, 2.24) is 10.2 Å². The van der Waals surface area contributed by atoms with E-state index >= 15 is 0 Å². The van der Waals surface area contributed by atoms with Crippen LogP contribution in [0.1, 0.15) is 12.0 Å². The van der Waals surface area contributed by atoms with Crippen molar-refractivity contribution in [1.29, 1.82) is 0 Å². The first kappa shape index (κ1) is 16.3. The van der Waals surface area contributed by atoms with Crippen LogP contribution in [0, 0.1) is 0 Å². The van der Waals surface area contributed by atoms with Crippen molar-refractivity contribution in [3.05, 3.63) is 29.8 Å². The van der Waals surface area contributed by atoms with Crippen molar-refractivity contribution in [3.63, 3.8) is 0 Å². The smallest absolute Gasteiger partial charge is 0.248 e. The van der Waals surface area contributed by atoms with Gasteiger partial charge in [-0.25, -0.2) is 0 Å². The molecule has 1 aromatic rings. The molecule has 1 fully saturated rings. The number of hydrogen-bond donors (Lipinski definition) is 1. The van der Waals surface area contributed by atoms with Gasteiger partial charge in [0.2, 0.25) is 11.8 Å². The van der Waals surface area contributed by atoms with E-state index in [9.17, 15) is 9.59 Å². The Labute approximate surface area is 130 Å². The van der Waals surface area contributed by atoms with Crippen LogP contribution in [0.25, 0.3) is 0 Å². The number of rotatable bonds is 6. The van der Waals surface area contributed by atoms with Gasteiger partial charge in [-0.2, -0.15) is 0 Å². The Morgan fingerprint density at radius 2 is 2.23 bits per heavy atom. The predicted octanol–water partition coefficient (Wildman–Crippen LogP) is 0.601. The molecule has 1 atom stereocenters. The minimum Gasteiger partial charge on any atom is -0.496 e. The van der Waals surface area contributed by atoms with E-state index in [0.717, 1.165) is 11.3 Å². The molecule has 2 rings (SSSR count). The molecule has 1 unspecified atom stereocenters. The second kappa shape index (κ2) is 7.79. The number of benzene rings is 1. The Kier molecular flexibility index (Phi) is 5.77. The maximum absolute atomic E-state index is 11.9. The first-order chi connectivity index (χ1) is 10.6. The molecule has 0 aromatic heterocycles. The third-order valence-corrected chi connectivity index (χ3v) is 3.69. The highest BCUT2D eigenvalue weighted by molar-refractivity contribution is 5.78. The number of morpholine rings is 1. The molecule has 6 nitrogen and oxygen atoms in total. The van der Waals surface area contributed by atoms with Crippen LogP contribution in [-0.2, 0) is 20.7 Å². The van der Waals surface area contributed by atoms with E-state index < -0.39 is 0 Å². The van der Waals surface area contributed by atoms with Gasteiger partial charge in [0.05, 0.1) is 13.2 Å². The maximum atomic E-state index is 11.9. The van der Waals surface area contributed by atoms with Crippen LogP contribution < -0.4 is 10.1 Å². The van der Waals surface area contributed by atoms with Gasteiger partial charge in [0, 0.05) is 26.6 Å². The van der Waals surface area contributed by atoms with Gasteiger partial charge >= 0.3 is 0 Å². The van der Waals surface area contributed by atoms with Crippen molar-refractivity contribution < 1.29 is 19.1 Å². The van der Waals surface area contributed by atoms with E-state index in [1.165, 1.54) is 0 Å². The summed E-state index contributed by atoms with van der Waals surface area (Å²) in [6.45, 7) is 1.01. The number of carbonyl (C=O) groups excluding carboxylic acids is 2. The first-order valence-corrected chi connectivity index (χ1v) is 7.34. The number of carbonyl (C=O) groups is 2. The molecule has 1 aliphatic rings. The van der Waals surface area contributed by atoms with E-state index in [2.05, 4.69) is 5.32 Å². The molecule has 2 amide bonds. The van der Waals surface area contributed by atoms with E-state index in [1.807, 2.05) is 24.3 Å². The van der Waals surface area contributed by atoms with Gasteiger partial charge in [-0.3, -0.25) is 9.59 Å². The molecule has 22 heavy (non-hydrogen) atoms. The summed E-state index contributed by atoms with van der Waals surface area (Å²) in [6.07, 6.45) is 0.875. The largest absolute Gasteiger partial charge is 0.496 e. The summed E-state index contributed by atoms with van der Waals surface area (Å²) in [5.74, 6) is 0.735. The number of para-hydroxylation sites is 1. The number of hydrogen-bond acceptors (Lipinski definition) is 4. The Morgan fingerprint density at radius 1 is 1.45 bits per heavy atom. The lowest BCUT2D eigenvalue weighted by atomic mass is 10.1. The normalized spacial score (nSPS) is 18.2. The van der Waals surface area contributed by atoms with E-state index in [0.29, 0.717) is 25.9 Å². The third-order valence-electron chi connectivity index (χ3n) is 3.69. The second-order valence-electron chi connectivity index (χ2n) is 5.32. The Balaban J connectivity index is 1.73. The number of methoxy groups -OCH3 is 1. The minimum atomic E-state index is -0.141. The van der Waals surface area contributed by atoms with E-state index in [1.54, 1.807) is 19.1 Å². The molecule has 0 spiro atoms. The van der Waals surface area contributed by atoms with Gasteiger partial charge in [-0.05, 0) is 18.1 Å². The number of aryl methyl sites for hydroxylation is 1. The summed E-state index contributed by atoms with van der Waals surface area (Å²) in [5, 5.41) is 2.85. The monoisotopic (exact) mass is 306 g/mol. The molecule has 120 valence electrons. The lowest BCUT2D eigenvalue weighted by Gasteiger charge is -2.29. The predicted molar refractivity (Wildman–Crippen MR) is 81.7 cm³/mol. The lowest BCUT2D eigenvalue weighted by molar-refractivity contribution is -0.146. The number of likely N-dealkylation sites (N-methyl/N-ethyl adjacent to an activating group) is 1. The zero-order valence-electron chi connectivity index (χ0n) is 13.0. The minimum absolute atomic E-state index is 0.0289. The number of nitrogens with one attached hydrogen (secondary N) is 1. The van der Waals surface area contributed by atoms with Crippen LogP contribution in [0.3, 0.4) is 0 Å². The topological polar surface area (TPSA) is 67.9 Å². The average molecular weight is 306 g/mol. The quantitative estimate of drug-likeness (QED) is 0.836. The highest BCUT2D eigenvalue weighted by Crippen LogP contribution is 2.18. The van der Waals surface area contributed by atoms with Crippen molar-refractivity contribution >= 4 is 11.8 Å². The van der Waals surface area contributed by atoms with E-state index in [4.69, 9.17) is 9.47 Å². The van der Waals surface area contributed by atoms with Crippen molar-refractivity contribution in [3.8, 4) is 5.75 Å². The molecule has 0 bridgehead atoms. The molecule has 1 saturated heterocycles. The number of amides is 2. The molecule has 1 heterocycles. The summed E-state index contributed by atoms with van der Waals surface area (Å²) in [4.78, 5) is 24.8. The van der Waals surface area contributed by atoms with Gasteiger partial charge in [-0.1, -0.05) is 18.2 Å². The van der Waals surface area contributed by atoms with Crippen molar-refractivity contribution in [2.24, 2.45) is 0 Å². The van der Waals surface area contributed by atoms with Crippen molar-refractivity contribution in [2.75, 3.05) is 33.9 Å². The standard InChI is InChI=1S/C16H22N2O4/c1-18-10-13(22-11-16(18)20)9-17-15(19)8-7-12-5-3-4-6-14(12)21-2/h3-6,13H,7-11H2,1-2H3,(H,17,19). The van der Waals surface area contributed by atoms with Crippen LogP contribution >= 0.6 is 0 Å². The Hall–Kier alpha value is -2.08. The van der Waals surface area contributed by atoms with Crippen LogP contribution in [-0.4, -0.2) is 56.7 Å². The molecule has 1 aromatic carbocycles. The molecular weight excluding hydrogens is 284 g/mol. The molecular formula is C16H22N2O4. The number of nitrogens with zero attached hydrogens (tertiary/aromatic N) is 1. The van der Waals surface area contributed by atoms with Gasteiger partial charge < -0.3 is 19.7 Å². The fraction of sp³-hybridized carbons (Fsp3) is 0.500. The fourth-order valence-electron chi connectivity index (χ4n) is 2.36. The van der Waals surface area contributed by atoms with Crippen LogP contribution in [0.5, 0.6) is 5.75 Å². The van der Waals surface area contributed by atoms with Gasteiger partial charge in [0.15, 0.2) is 0 Å². The molecule has 0 aliphatic carbocycles. The highest BCUT2D eigenvalue weighted by atomic mass is 16.5. The molecule has 1 aliphatic heterocycles. The van der Waals surface area contributed by atoms with Gasteiger partial charge in [0.1, 0.15) is 12.4 Å². The number of ether oxygens (including phenoxy) is 2. The molecule has 0 radical (unpaired) electrons. The van der Waals surface area contributed by atoms with Crippen LogP contribution in [0.15, 0.2) is 24.3 Å². The SMILES string of the molecule is COc1ccccc1CCC(=O)NCC1CN(C)C(=O)CO1.